The Labute approximate surface area is 261 Å². The molecule has 7 nitrogen and oxygen atoms in total. The first-order chi connectivity index (χ1) is 19.9. The van der Waals surface area contributed by atoms with Gasteiger partial charge in [-0.2, -0.15) is 0 Å². The predicted molar refractivity (Wildman–Crippen MR) is 160 cm³/mol. The molecule has 42 heavy (non-hydrogen) atoms. The first-order valence-corrected chi connectivity index (χ1v) is 14.5. The van der Waals surface area contributed by atoms with Crippen LogP contribution in [-0.4, -0.2) is 52.5 Å². The third-order valence-corrected chi connectivity index (χ3v) is 8.40. The molecule has 3 aromatic carbocycles. The molecule has 9 heteroatoms. The van der Waals surface area contributed by atoms with Crippen LogP contribution in [0.1, 0.15) is 48.8 Å². The monoisotopic (exact) mass is 629 g/mol. The zero-order valence-corrected chi connectivity index (χ0v) is 24.8. The van der Waals surface area contributed by atoms with Gasteiger partial charge in [0.15, 0.2) is 6.04 Å². The molecule has 1 saturated carbocycles. The number of carboxylic acids is 1. The number of aliphatic imine (C=N–C) groups is 1. The maximum absolute atomic E-state index is 13.7. The van der Waals surface area contributed by atoms with Crippen molar-refractivity contribution in [1.82, 2.24) is 4.90 Å². The number of aliphatic carboxylic acids is 1. The van der Waals surface area contributed by atoms with Crippen LogP contribution in [0, 0.1) is 11.8 Å². The van der Waals surface area contributed by atoms with Gasteiger partial charge in [-0.1, -0.05) is 78.7 Å². The fraction of sp³-hybridized carbons (Fsp3) is 0.333. The zero-order valence-electron chi connectivity index (χ0n) is 23.1. The van der Waals surface area contributed by atoms with E-state index in [1.807, 2.05) is 48.5 Å². The van der Waals surface area contributed by atoms with Crippen LogP contribution in [0.5, 0.6) is 0 Å². The molecule has 1 aliphatic carbocycles. The van der Waals surface area contributed by atoms with Gasteiger partial charge in [0.05, 0.1) is 17.4 Å². The molecule has 5 rings (SSSR count). The van der Waals surface area contributed by atoms with Crippen molar-refractivity contribution >= 4 is 41.2 Å². The summed E-state index contributed by atoms with van der Waals surface area (Å²) in [5, 5.41) is 13.8. The number of benzene rings is 3. The molecular weight excluding hydrogens is 597 g/mol. The molecule has 4 atom stereocenters. The van der Waals surface area contributed by atoms with Crippen LogP contribution in [-0.2, 0) is 37.4 Å². The second-order valence-electron chi connectivity index (χ2n) is 10.8. The minimum atomic E-state index is -1.11. The zero-order chi connectivity index (χ0) is 28.8. The number of anilines is 1. The smallest absolute Gasteiger partial charge is 0.328 e. The van der Waals surface area contributed by atoms with E-state index in [4.69, 9.17) is 16.6 Å². The number of likely N-dealkylation sites (tertiary alicyclic amines) is 1. The Morgan fingerprint density at radius 2 is 1.71 bits per heavy atom. The Bertz CT molecular complexity index is 1420. The van der Waals surface area contributed by atoms with Crippen molar-refractivity contribution in [1.29, 1.82) is 0 Å². The van der Waals surface area contributed by atoms with E-state index in [0.717, 1.165) is 37.7 Å². The summed E-state index contributed by atoms with van der Waals surface area (Å²) in [7, 11) is 0. The van der Waals surface area contributed by atoms with Crippen LogP contribution in [0.4, 0.5) is 5.69 Å². The van der Waals surface area contributed by atoms with Crippen molar-refractivity contribution in [3.05, 3.63) is 101 Å². The van der Waals surface area contributed by atoms with E-state index in [1.54, 1.807) is 18.2 Å². The van der Waals surface area contributed by atoms with Crippen molar-refractivity contribution in [3.63, 3.8) is 0 Å². The minimum Gasteiger partial charge on any atom is -0.480 e. The molecule has 1 heterocycles. The normalized spacial score (nSPS) is 21.4. The van der Waals surface area contributed by atoms with Crippen molar-refractivity contribution < 1.29 is 36.0 Å². The van der Waals surface area contributed by atoms with Crippen LogP contribution in [0.2, 0.25) is 5.02 Å². The number of hydrogen-bond acceptors (Lipinski definition) is 5. The first kappa shape index (κ1) is 31.6. The molecule has 2 N–H and O–H groups in total. The van der Waals surface area contributed by atoms with Gasteiger partial charge in [-0.05, 0) is 56.0 Å². The largest absolute Gasteiger partial charge is 0.480 e. The molecular formula is C33H34ClN3NiO4. The second-order valence-corrected chi connectivity index (χ2v) is 11.3. The Morgan fingerprint density at radius 1 is 1.00 bits per heavy atom. The summed E-state index contributed by atoms with van der Waals surface area (Å²) in [5.41, 5.74) is 3.31. The molecule has 1 amide bonds. The van der Waals surface area contributed by atoms with Gasteiger partial charge in [0.1, 0.15) is 6.29 Å². The first-order valence-electron chi connectivity index (χ1n) is 14.1. The van der Waals surface area contributed by atoms with Gasteiger partial charge in [0, 0.05) is 51.0 Å². The summed E-state index contributed by atoms with van der Waals surface area (Å²) in [5.74, 6) is -1.95. The standard InChI is InChI=1S/C33H34ClN3O4.Ni/c34-25-16-17-28(35-32(39)29-15-8-18-37(29)20-22-9-3-1-4-10-22)27(19-25)30(23-11-5-2-6-12-23)36-31(33(40)41)26-14-7-13-24(26)21-38;/h1-6,9-12,16-17,19,21,24,26,29,31H,7-8,13-15,18,20H2,(H,35,39)(H,40,41);. The maximum Gasteiger partial charge on any atom is 0.328 e. The van der Waals surface area contributed by atoms with Crippen molar-refractivity contribution in [2.45, 2.75) is 50.7 Å². The van der Waals surface area contributed by atoms with E-state index in [1.165, 1.54) is 0 Å². The summed E-state index contributed by atoms with van der Waals surface area (Å²) < 4.78 is 0. The average Bonchev–Trinajstić information content (AvgIpc) is 3.65. The third kappa shape index (κ3) is 7.36. The molecule has 2 aliphatic rings. The summed E-state index contributed by atoms with van der Waals surface area (Å²) >= 11 is 6.46. The Morgan fingerprint density at radius 3 is 2.40 bits per heavy atom. The van der Waals surface area contributed by atoms with Gasteiger partial charge in [0.25, 0.3) is 0 Å². The van der Waals surface area contributed by atoms with Crippen LogP contribution >= 0.6 is 11.6 Å². The van der Waals surface area contributed by atoms with Gasteiger partial charge in [-0.15, -0.1) is 0 Å². The number of rotatable bonds is 10. The summed E-state index contributed by atoms with van der Waals surface area (Å²) in [6.45, 7) is 1.51. The van der Waals surface area contributed by atoms with Gasteiger partial charge in [-0.25, -0.2) is 4.79 Å². The van der Waals surface area contributed by atoms with E-state index in [-0.39, 0.29) is 34.4 Å². The summed E-state index contributed by atoms with van der Waals surface area (Å²) in [6.07, 6.45) is 4.59. The van der Waals surface area contributed by atoms with Crippen LogP contribution in [0.15, 0.2) is 83.9 Å². The summed E-state index contributed by atoms with van der Waals surface area (Å²) in [6, 6.07) is 23.1. The number of amides is 1. The Kier molecular flexibility index (Phi) is 11.1. The van der Waals surface area contributed by atoms with Gasteiger partial charge in [0.2, 0.25) is 5.91 Å². The van der Waals surface area contributed by atoms with E-state index < -0.39 is 17.9 Å². The van der Waals surface area contributed by atoms with Gasteiger partial charge >= 0.3 is 5.97 Å². The van der Waals surface area contributed by atoms with Crippen LogP contribution in [0.25, 0.3) is 0 Å². The molecule has 0 radical (unpaired) electrons. The second kappa shape index (κ2) is 14.7. The number of nitrogens with one attached hydrogen (secondary N) is 1. The molecule has 0 spiro atoms. The topological polar surface area (TPSA) is 99.1 Å². The SMILES string of the molecule is O=CC1CCCC1C(N=C(c1ccccc1)c1cc(Cl)ccc1NC(=O)C1CCCN1Cc1ccccc1)C(=O)O.[Ni]. The predicted octanol–water partition coefficient (Wildman–Crippen LogP) is 5.85. The number of aldehydes is 1. The van der Waals surface area contributed by atoms with Crippen molar-refractivity contribution in [2.75, 3.05) is 11.9 Å². The Balaban J connectivity index is 0.00000405. The molecule has 4 unspecified atom stereocenters. The molecule has 222 valence electrons. The number of carboxylic acid groups (broad SMARTS) is 1. The quantitative estimate of drug-likeness (QED) is 0.167. The minimum absolute atomic E-state index is 0. The molecule has 1 saturated heterocycles. The van der Waals surface area contributed by atoms with E-state index in [2.05, 4.69) is 22.3 Å². The molecule has 1 aliphatic heterocycles. The number of hydrogen-bond donors (Lipinski definition) is 2. The van der Waals surface area contributed by atoms with Crippen LogP contribution < -0.4 is 5.32 Å². The van der Waals surface area contributed by atoms with Crippen LogP contribution in [0.3, 0.4) is 0 Å². The maximum atomic E-state index is 13.7. The average molecular weight is 631 g/mol. The molecule has 2 fully saturated rings. The van der Waals surface area contributed by atoms with Crippen molar-refractivity contribution in [3.8, 4) is 0 Å². The number of halogens is 1. The molecule has 3 aromatic rings. The molecule has 0 aromatic heterocycles. The Hall–Kier alpha value is -3.32. The van der Waals surface area contributed by atoms with E-state index in [0.29, 0.717) is 46.9 Å². The van der Waals surface area contributed by atoms with Gasteiger partial charge in [-0.3, -0.25) is 14.7 Å². The number of nitrogens with zero attached hydrogens (tertiary/aromatic N) is 2. The fourth-order valence-electron chi connectivity index (χ4n) is 6.11. The number of carbonyl (C=O) groups is 3. The van der Waals surface area contributed by atoms with E-state index >= 15 is 0 Å². The summed E-state index contributed by atoms with van der Waals surface area (Å²) in [4.78, 5) is 44.9. The van der Waals surface area contributed by atoms with Crippen molar-refractivity contribution in [2.24, 2.45) is 16.8 Å². The van der Waals surface area contributed by atoms with E-state index in [9.17, 15) is 19.5 Å². The fourth-order valence-corrected chi connectivity index (χ4v) is 6.29. The number of carbonyl (C=O) groups excluding carboxylic acids is 2. The van der Waals surface area contributed by atoms with Gasteiger partial charge < -0.3 is 15.2 Å². The molecule has 0 bridgehead atoms. The third-order valence-electron chi connectivity index (χ3n) is 8.16.